The van der Waals surface area contributed by atoms with Gasteiger partial charge in [-0.1, -0.05) is 39.7 Å². The van der Waals surface area contributed by atoms with Crippen LogP contribution in [0, 0.1) is 10.1 Å². The molecule has 2 aromatic carbocycles. The van der Waals surface area contributed by atoms with Crippen molar-refractivity contribution in [3.8, 4) is 0 Å². The fourth-order valence-corrected chi connectivity index (χ4v) is 4.08. The molecule has 7 nitrogen and oxygen atoms in total. The second kappa shape index (κ2) is 8.48. The Kier molecular flexibility index (Phi) is 6.21. The lowest BCUT2D eigenvalue weighted by atomic mass is 9.94. The highest BCUT2D eigenvalue weighted by molar-refractivity contribution is 9.10. The zero-order valence-electron chi connectivity index (χ0n) is 15.3. The number of hydrogen-bond donors (Lipinski definition) is 1. The maximum Gasteiger partial charge on any atom is 0.337 e. The molecule has 0 bridgehead atoms. The van der Waals surface area contributed by atoms with E-state index in [1.54, 1.807) is 17.9 Å². The monoisotopic (exact) mass is 495 g/mol. The smallest absolute Gasteiger partial charge is 0.337 e. The number of esters is 1. The molecule has 10 heteroatoms. The zero-order valence-corrected chi connectivity index (χ0v) is 18.5. The fourth-order valence-electron chi connectivity index (χ4n) is 3.14. The summed E-state index contributed by atoms with van der Waals surface area (Å²) in [6.07, 6.45) is 0. The molecule has 0 aromatic heterocycles. The van der Waals surface area contributed by atoms with E-state index in [0.717, 1.165) is 10.2 Å². The van der Waals surface area contributed by atoms with Crippen molar-refractivity contribution >= 4 is 62.2 Å². The van der Waals surface area contributed by atoms with Gasteiger partial charge in [0.05, 0.1) is 23.6 Å². The molecule has 2 aromatic rings. The molecule has 1 aliphatic heterocycles. The number of rotatable bonds is 4. The molecular formula is C19H15BrClN3O4S. The molecule has 29 heavy (non-hydrogen) atoms. The van der Waals surface area contributed by atoms with Crippen LogP contribution in [-0.4, -0.2) is 23.1 Å². The van der Waals surface area contributed by atoms with E-state index in [-0.39, 0.29) is 16.3 Å². The van der Waals surface area contributed by atoms with Crippen molar-refractivity contribution in [2.75, 3.05) is 12.0 Å². The summed E-state index contributed by atoms with van der Waals surface area (Å²) in [5.74, 6) is -0.569. The van der Waals surface area contributed by atoms with Gasteiger partial charge in [0.1, 0.15) is 5.02 Å². The van der Waals surface area contributed by atoms with Gasteiger partial charge in [0.25, 0.3) is 5.69 Å². The van der Waals surface area contributed by atoms with Gasteiger partial charge in [-0.15, -0.1) is 0 Å². The van der Waals surface area contributed by atoms with Gasteiger partial charge in [-0.25, -0.2) is 4.79 Å². The maximum atomic E-state index is 12.6. The molecule has 1 N–H and O–H groups in total. The highest BCUT2D eigenvalue weighted by Gasteiger charge is 2.36. The van der Waals surface area contributed by atoms with Crippen LogP contribution in [0.25, 0.3) is 0 Å². The number of thiocarbonyl (C=S) groups is 1. The van der Waals surface area contributed by atoms with Crippen molar-refractivity contribution in [2.45, 2.75) is 13.0 Å². The van der Waals surface area contributed by atoms with Crippen LogP contribution >= 0.6 is 39.7 Å². The lowest BCUT2D eigenvalue weighted by Crippen LogP contribution is -2.48. The summed E-state index contributed by atoms with van der Waals surface area (Å²) in [7, 11) is 1.28. The zero-order chi connectivity index (χ0) is 21.3. The van der Waals surface area contributed by atoms with Gasteiger partial charge < -0.3 is 10.1 Å². The second-order valence-electron chi connectivity index (χ2n) is 6.16. The normalized spacial score (nSPS) is 16.5. The average molecular weight is 497 g/mol. The van der Waals surface area contributed by atoms with Crippen molar-refractivity contribution in [3.63, 3.8) is 0 Å². The number of nitrogens with zero attached hydrogens (tertiary/aromatic N) is 2. The number of methoxy groups -OCH3 is 1. The summed E-state index contributed by atoms with van der Waals surface area (Å²) in [5, 5.41) is 14.7. The van der Waals surface area contributed by atoms with Crippen LogP contribution in [0.5, 0.6) is 0 Å². The summed E-state index contributed by atoms with van der Waals surface area (Å²) < 4.78 is 5.83. The number of carbonyl (C=O) groups is 1. The van der Waals surface area contributed by atoms with E-state index in [1.807, 2.05) is 24.3 Å². The van der Waals surface area contributed by atoms with Crippen molar-refractivity contribution < 1.29 is 14.5 Å². The van der Waals surface area contributed by atoms with E-state index in [2.05, 4.69) is 21.2 Å². The molecule has 150 valence electrons. The van der Waals surface area contributed by atoms with E-state index in [0.29, 0.717) is 16.4 Å². The first-order chi connectivity index (χ1) is 13.7. The van der Waals surface area contributed by atoms with Gasteiger partial charge in [0.2, 0.25) is 0 Å². The molecule has 3 rings (SSSR count). The number of nitro groups is 1. The fraction of sp³-hybridized carbons (Fsp3) is 0.158. The number of benzene rings is 2. The van der Waals surface area contributed by atoms with Crippen LogP contribution in [0.3, 0.4) is 0 Å². The summed E-state index contributed by atoms with van der Waals surface area (Å²) in [6, 6.07) is 11.1. The molecule has 1 heterocycles. The highest BCUT2D eigenvalue weighted by atomic mass is 79.9. The summed E-state index contributed by atoms with van der Waals surface area (Å²) >= 11 is 14.9. The summed E-state index contributed by atoms with van der Waals surface area (Å²) in [6.45, 7) is 1.75. The van der Waals surface area contributed by atoms with Gasteiger partial charge in [-0.2, -0.15) is 0 Å². The third kappa shape index (κ3) is 4.12. The largest absolute Gasteiger partial charge is 0.466 e. The minimum absolute atomic E-state index is 0.00761. The SMILES string of the molecule is COC(=O)C1=C(C)N(c2cccc(Br)c2)C(=S)NC1c1ccc(Cl)c([N+](=O)[O-])c1. The lowest BCUT2D eigenvalue weighted by molar-refractivity contribution is -0.384. The molecule has 0 saturated carbocycles. The Balaban J connectivity index is 2.17. The molecule has 0 saturated heterocycles. The van der Waals surface area contributed by atoms with Crippen molar-refractivity contribution in [1.29, 1.82) is 0 Å². The molecule has 0 aliphatic carbocycles. The number of hydrogen-bond acceptors (Lipinski definition) is 5. The number of nitrogens with one attached hydrogen (secondary N) is 1. The molecule has 0 fully saturated rings. The van der Waals surface area contributed by atoms with Crippen LogP contribution in [0.15, 0.2) is 58.2 Å². The summed E-state index contributed by atoms with van der Waals surface area (Å²) in [5.41, 5.74) is 1.81. The van der Waals surface area contributed by atoms with Crippen LogP contribution in [0.2, 0.25) is 5.02 Å². The third-order valence-electron chi connectivity index (χ3n) is 4.46. The Bertz CT molecular complexity index is 1060. The van der Waals surface area contributed by atoms with Gasteiger partial charge in [-0.3, -0.25) is 15.0 Å². The number of allylic oxidation sites excluding steroid dienone is 1. The predicted octanol–water partition coefficient (Wildman–Crippen LogP) is 4.89. The number of ether oxygens (including phenoxy) is 1. The molecular weight excluding hydrogens is 482 g/mol. The van der Waals surface area contributed by atoms with Crippen LogP contribution < -0.4 is 10.2 Å². The number of carbonyl (C=O) groups excluding carboxylic acids is 1. The molecule has 1 unspecified atom stereocenters. The first-order valence-electron chi connectivity index (χ1n) is 8.33. The van der Waals surface area contributed by atoms with Gasteiger partial charge in [-0.05, 0) is 49.0 Å². The quantitative estimate of drug-likeness (QED) is 0.279. The standard InChI is InChI=1S/C19H15BrClN3O4S/c1-10-16(18(25)28-2)17(11-6-7-14(21)15(8-11)24(26)27)22-19(29)23(10)13-5-3-4-12(20)9-13/h3-9,17H,1-2H3,(H,22,29). The lowest BCUT2D eigenvalue weighted by Gasteiger charge is -2.37. The molecule has 0 amide bonds. The van der Waals surface area contributed by atoms with E-state index < -0.39 is 16.9 Å². The topological polar surface area (TPSA) is 84.7 Å². The minimum atomic E-state index is -0.727. The predicted molar refractivity (Wildman–Crippen MR) is 118 cm³/mol. The number of nitro benzene ring substituents is 1. The van der Waals surface area contributed by atoms with Crippen molar-refractivity contribution in [1.82, 2.24) is 5.32 Å². The molecule has 0 radical (unpaired) electrons. The first-order valence-corrected chi connectivity index (χ1v) is 9.91. The average Bonchev–Trinajstić information content (AvgIpc) is 2.67. The number of anilines is 1. The highest BCUT2D eigenvalue weighted by Crippen LogP contribution is 2.37. The van der Waals surface area contributed by atoms with E-state index in [4.69, 9.17) is 28.6 Å². The number of halogens is 2. The Labute approximate surface area is 185 Å². The van der Waals surface area contributed by atoms with Gasteiger partial charge in [0.15, 0.2) is 5.11 Å². The Morgan fingerprint density at radius 3 is 2.69 bits per heavy atom. The van der Waals surface area contributed by atoms with Gasteiger partial charge >= 0.3 is 5.97 Å². The first kappa shape index (κ1) is 21.2. The van der Waals surface area contributed by atoms with E-state index in [9.17, 15) is 14.9 Å². The van der Waals surface area contributed by atoms with Gasteiger partial charge in [0, 0.05) is 21.9 Å². The van der Waals surface area contributed by atoms with Crippen molar-refractivity contribution in [2.24, 2.45) is 0 Å². The van der Waals surface area contributed by atoms with E-state index in [1.165, 1.54) is 19.2 Å². The third-order valence-corrected chi connectivity index (χ3v) is 5.57. The molecule has 1 aliphatic rings. The molecule has 1 atom stereocenters. The van der Waals surface area contributed by atoms with E-state index >= 15 is 0 Å². The molecule has 0 spiro atoms. The summed E-state index contributed by atoms with van der Waals surface area (Å²) in [4.78, 5) is 25.1. The van der Waals surface area contributed by atoms with Crippen LogP contribution in [-0.2, 0) is 9.53 Å². The minimum Gasteiger partial charge on any atom is -0.466 e. The Morgan fingerprint density at radius 1 is 1.34 bits per heavy atom. The maximum absolute atomic E-state index is 12.6. The van der Waals surface area contributed by atoms with Crippen LogP contribution in [0.1, 0.15) is 18.5 Å². The Hall–Kier alpha value is -2.49. The van der Waals surface area contributed by atoms with Crippen LogP contribution in [0.4, 0.5) is 11.4 Å². The Morgan fingerprint density at radius 2 is 2.07 bits per heavy atom. The second-order valence-corrected chi connectivity index (χ2v) is 7.87. The van der Waals surface area contributed by atoms with Crippen molar-refractivity contribution in [3.05, 3.63) is 78.9 Å².